The summed E-state index contributed by atoms with van der Waals surface area (Å²) in [6, 6.07) is 11.2. The number of imidazole rings is 1. The summed E-state index contributed by atoms with van der Waals surface area (Å²) in [6.07, 6.45) is -25.3. The average Bonchev–Trinajstić information content (AvgIpc) is 3.07. The van der Waals surface area contributed by atoms with Gasteiger partial charge in [0.25, 0.3) is 0 Å². The van der Waals surface area contributed by atoms with Crippen LogP contribution >= 0.6 is 0 Å². The molecule has 0 aliphatic rings. The van der Waals surface area contributed by atoms with Crippen molar-refractivity contribution in [2.75, 3.05) is 0 Å². The first kappa shape index (κ1) is 31.0. The van der Waals surface area contributed by atoms with Crippen LogP contribution in [0.1, 0.15) is 5.56 Å². The van der Waals surface area contributed by atoms with E-state index < -0.39 is 80.3 Å². The van der Waals surface area contributed by atoms with Crippen molar-refractivity contribution in [3.63, 3.8) is 0 Å². The summed E-state index contributed by atoms with van der Waals surface area (Å²) in [6.45, 7) is -4.67. The molecule has 17 heteroatoms. The molecule has 3 rings (SSSR count). The van der Waals surface area contributed by atoms with Gasteiger partial charge in [0.15, 0.2) is 0 Å². The van der Waals surface area contributed by atoms with Crippen LogP contribution in [-0.2, 0) is 29.3 Å². The Hall–Kier alpha value is -2.52. The zero-order valence-corrected chi connectivity index (χ0v) is 20.6. The molecule has 0 atom stereocenters. The summed E-state index contributed by atoms with van der Waals surface area (Å²) in [5, 5.41) is 19.6. The second kappa shape index (κ2) is 10.1. The molecule has 1 aromatic heterocycles. The van der Waals surface area contributed by atoms with Crippen molar-refractivity contribution in [1.82, 2.24) is 9.13 Å². The average molecular weight is 669 g/mol. The summed E-state index contributed by atoms with van der Waals surface area (Å²) in [7, 11) is 0. The first-order chi connectivity index (χ1) is 17.6. The number of aliphatic hydroxyl groups is 2. The van der Waals surface area contributed by atoms with E-state index in [0.29, 0.717) is 5.56 Å². The molecule has 0 bridgehead atoms. The van der Waals surface area contributed by atoms with Crippen LogP contribution in [0.5, 0.6) is 0 Å². The number of aromatic nitrogens is 2. The third-order valence-electron chi connectivity index (χ3n) is 5.61. The number of nitrogens with zero attached hydrogens (tertiary/aromatic N) is 2. The molecule has 0 saturated carbocycles. The summed E-state index contributed by atoms with van der Waals surface area (Å²) < 4.78 is 163. The number of halogens is 12. The second-order valence-electron chi connectivity index (χ2n) is 8.25. The predicted molar refractivity (Wildman–Crippen MR) is 109 cm³/mol. The van der Waals surface area contributed by atoms with Crippen molar-refractivity contribution in [1.29, 1.82) is 0 Å². The molecule has 0 saturated heterocycles. The van der Waals surface area contributed by atoms with Gasteiger partial charge in [-0.15, -0.1) is 0 Å². The summed E-state index contributed by atoms with van der Waals surface area (Å²) >= 11 is -1.85. The van der Waals surface area contributed by atoms with Crippen LogP contribution < -0.4 is 0 Å². The number of hydrogen-bond acceptors (Lipinski definition) is 2. The molecular formula is C22H16F12N2O2Ru. The monoisotopic (exact) mass is 670 g/mol. The Morgan fingerprint density at radius 2 is 0.897 bits per heavy atom. The number of benzene rings is 2. The SMILES string of the molecule is OC(Cn1[c](=[Ru]=[CH]c2ccccc2)n(CC(O)(C(F)(F)F)C(F)(F)F)c2ccccc21)(C(F)(F)F)C(F)(F)F. The first-order valence-electron chi connectivity index (χ1n) is 10.4. The van der Waals surface area contributed by atoms with E-state index in [4.69, 9.17) is 0 Å². The Morgan fingerprint density at radius 3 is 1.23 bits per heavy atom. The number of fused-ring (bicyclic) bond motifs is 1. The van der Waals surface area contributed by atoms with E-state index >= 15 is 0 Å². The molecular weight excluding hydrogens is 653 g/mol. The second-order valence-corrected chi connectivity index (χ2v) is 10.0. The van der Waals surface area contributed by atoms with E-state index in [9.17, 15) is 62.9 Å². The van der Waals surface area contributed by atoms with Gasteiger partial charge in [0, 0.05) is 0 Å². The molecule has 0 radical (unpaired) electrons. The molecule has 0 fully saturated rings. The molecule has 0 aliphatic heterocycles. The fourth-order valence-corrected chi connectivity index (χ4v) is 5.51. The minimum atomic E-state index is -6.34. The van der Waals surface area contributed by atoms with Gasteiger partial charge in [0.1, 0.15) is 0 Å². The van der Waals surface area contributed by atoms with E-state index in [2.05, 4.69) is 0 Å². The maximum atomic E-state index is 13.5. The van der Waals surface area contributed by atoms with Crippen LogP contribution in [0.25, 0.3) is 11.0 Å². The summed E-state index contributed by atoms with van der Waals surface area (Å²) in [5.74, 6) is 0. The van der Waals surface area contributed by atoms with Crippen molar-refractivity contribution in [2.45, 2.75) is 49.0 Å². The summed E-state index contributed by atoms with van der Waals surface area (Å²) in [5.41, 5.74) is -11.8. The van der Waals surface area contributed by atoms with Crippen LogP contribution in [0.2, 0.25) is 0 Å². The molecule has 0 spiro atoms. The van der Waals surface area contributed by atoms with Crippen molar-refractivity contribution in [3.8, 4) is 0 Å². The van der Waals surface area contributed by atoms with Crippen LogP contribution in [0.4, 0.5) is 52.7 Å². The van der Waals surface area contributed by atoms with Gasteiger partial charge in [-0.2, -0.15) is 0 Å². The maximum absolute atomic E-state index is 13.5. The number of para-hydroxylation sites is 2. The Kier molecular flexibility index (Phi) is 8.07. The number of rotatable bonds is 5. The molecule has 1 heterocycles. The minimum absolute atomic E-state index is 0.182. The van der Waals surface area contributed by atoms with E-state index in [1.807, 2.05) is 0 Å². The standard InChI is InChI=1S/C15H10F12N2O2.C7H6.Ru/c16-12(17,18)10(30,13(19,20)21)5-28-7-29(9-4-2-1-3-8(9)28)6-11(31,14(22,23)24)15(25,26)27;1-7-5-3-2-4-6-7;/h1-4,30-31H,5-6H2;1-6H;. The van der Waals surface area contributed by atoms with Crippen LogP contribution in [0.3, 0.4) is 0 Å². The van der Waals surface area contributed by atoms with Crippen LogP contribution in [0, 0.1) is 4.01 Å². The number of hydrogen-bond donors (Lipinski definition) is 2. The van der Waals surface area contributed by atoms with Gasteiger partial charge >= 0.3 is 217 Å². The normalized spacial score (nSPS) is 14.2. The fourth-order valence-electron chi connectivity index (χ4n) is 3.43. The van der Waals surface area contributed by atoms with Gasteiger partial charge in [-0.1, -0.05) is 0 Å². The van der Waals surface area contributed by atoms with E-state index in [-0.39, 0.29) is 9.13 Å². The Bertz CT molecular complexity index is 1320. The van der Waals surface area contributed by atoms with Crippen molar-refractivity contribution in [2.24, 2.45) is 0 Å². The topological polar surface area (TPSA) is 50.3 Å². The van der Waals surface area contributed by atoms with E-state index in [0.717, 1.165) is 24.3 Å². The predicted octanol–water partition coefficient (Wildman–Crippen LogP) is 5.62. The third-order valence-corrected chi connectivity index (χ3v) is 7.82. The zero-order valence-electron chi connectivity index (χ0n) is 18.9. The van der Waals surface area contributed by atoms with Gasteiger partial charge in [-0.3, -0.25) is 0 Å². The molecule has 2 aromatic carbocycles. The molecule has 0 amide bonds. The molecule has 4 nitrogen and oxygen atoms in total. The fraction of sp³-hybridized carbons (Fsp3) is 0.364. The Labute approximate surface area is 217 Å². The molecule has 2 N–H and O–H groups in total. The quantitative estimate of drug-likeness (QED) is 0.274. The summed E-state index contributed by atoms with van der Waals surface area (Å²) in [4.78, 5) is 0. The third kappa shape index (κ3) is 5.71. The van der Waals surface area contributed by atoms with Crippen molar-refractivity contribution >= 4 is 15.6 Å². The number of alkyl halides is 12. The van der Waals surface area contributed by atoms with Gasteiger partial charge < -0.3 is 0 Å². The zero-order chi connectivity index (χ0) is 29.7. The van der Waals surface area contributed by atoms with Gasteiger partial charge in [0.2, 0.25) is 0 Å². The Balaban J connectivity index is 2.49. The molecule has 0 unspecified atom stereocenters. The first-order valence-corrected chi connectivity index (χ1v) is 12.2. The van der Waals surface area contributed by atoms with E-state index in [1.165, 1.54) is 28.9 Å². The van der Waals surface area contributed by atoms with Crippen LogP contribution in [-0.4, -0.2) is 59.9 Å². The van der Waals surface area contributed by atoms with Crippen molar-refractivity contribution in [3.05, 3.63) is 64.2 Å². The van der Waals surface area contributed by atoms with E-state index in [1.54, 1.807) is 6.07 Å². The van der Waals surface area contributed by atoms with Gasteiger partial charge in [0.05, 0.1) is 0 Å². The Morgan fingerprint density at radius 1 is 0.564 bits per heavy atom. The molecule has 0 aliphatic carbocycles. The molecule has 3 aromatic rings. The van der Waals surface area contributed by atoms with Crippen LogP contribution in [0.15, 0.2) is 54.6 Å². The molecule has 39 heavy (non-hydrogen) atoms. The van der Waals surface area contributed by atoms with Gasteiger partial charge in [-0.25, -0.2) is 0 Å². The molecule has 218 valence electrons. The van der Waals surface area contributed by atoms with Gasteiger partial charge in [-0.05, 0) is 0 Å². The van der Waals surface area contributed by atoms with Crippen molar-refractivity contribution < 1.29 is 79.1 Å².